The van der Waals surface area contributed by atoms with E-state index in [4.69, 9.17) is 14.2 Å². The van der Waals surface area contributed by atoms with E-state index in [2.05, 4.69) is 106 Å². The highest BCUT2D eigenvalue weighted by molar-refractivity contribution is 5.71. The zero-order valence-corrected chi connectivity index (χ0v) is 53.8. The van der Waals surface area contributed by atoms with Crippen molar-refractivity contribution in [2.45, 2.75) is 361 Å². The number of carbonyl (C=O) groups is 3. The van der Waals surface area contributed by atoms with Crippen LogP contribution in [-0.2, 0) is 28.6 Å². The second-order valence-corrected chi connectivity index (χ2v) is 23.4. The van der Waals surface area contributed by atoms with Crippen LogP contribution in [-0.4, -0.2) is 37.2 Å². The standard InChI is InChI=1S/C75H132O6/c1-4-7-10-13-16-19-22-25-28-31-34-36-38-40-41-44-47-50-53-56-59-62-65-68-74(77)80-71-72(70-79-73(76)67-64-61-58-55-52-49-46-43-33-30-27-24-21-18-15-12-9-6-3)81-75(78)69-66-63-60-57-54-51-48-45-42-39-37-35-32-29-26-23-20-17-14-11-8-5-2/h7,10,16,19,21,24-25,28,30,33-34,36,40-41,72H,4-6,8-9,11-15,17-18,20,22-23,26-27,29,31-32,35,37-39,42-71H2,1-3H3/b10-7-,19-16-,24-21-,28-25-,33-30-,36-34-,41-40-. The van der Waals surface area contributed by atoms with Gasteiger partial charge in [0.25, 0.3) is 0 Å². The van der Waals surface area contributed by atoms with Gasteiger partial charge in [-0.25, -0.2) is 0 Å². The van der Waals surface area contributed by atoms with Crippen molar-refractivity contribution in [3.63, 3.8) is 0 Å². The molecule has 0 rings (SSSR count). The minimum Gasteiger partial charge on any atom is -0.462 e. The summed E-state index contributed by atoms with van der Waals surface area (Å²) in [6.07, 6.45) is 91.7. The minimum absolute atomic E-state index is 0.0813. The molecule has 0 heterocycles. The molecule has 0 saturated carbocycles. The number of rotatable bonds is 64. The minimum atomic E-state index is -0.786. The van der Waals surface area contributed by atoms with Crippen LogP contribution >= 0.6 is 0 Å². The lowest BCUT2D eigenvalue weighted by Crippen LogP contribution is -2.30. The van der Waals surface area contributed by atoms with Gasteiger partial charge in [-0.15, -0.1) is 0 Å². The number of allylic oxidation sites excluding steroid dienone is 14. The van der Waals surface area contributed by atoms with E-state index in [0.29, 0.717) is 19.3 Å². The van der Waals surface area contributed by atoms with Gasteiger partial charge >= 0.3 is 17.9 Å². The predicted molar refractivity (Wildman–Crippen MR) is 353 cm³/mol. The van der Waals surface area contributed by atoms with Crippen molar-refractivity contribution in [2.24, 2.45) is 0 Å². The second-order valence-electron chi connectivity index (χ2n) is 23.4. The maximum Gasteiger partial charge on any atom is 0.306 e. The topological polar surface area (TPSA) is 78.9 Å². The van der Waals surface area contributed by atoms with Gasteiger partial charge in [-0.1, -0.05) is 324 Å². The van der Waals surface area contributed by atoms with Crippen LogP contribution in [0.3, 0.4) is 0 Å². The van der Waals surface area contributed by atoms with Crippen LogP contribution in [0, 0.1) is 0 Å². The molecule has 0 fully saturated rings. The maximum absolute atomic E-state index is 13.0. The van der Waals surface area contributed by atoms with E-state index in [-0.39, 0.29) is 31.1 Å². The molecule has 6 heteroatoms. The Kier molecular flexibility index (Phi) is 66.2. The van der Waals surface area contributed by atoms with Gasteiger partial charge < -0.3 is 14.2 Å². The third kappa shape index (κ3) is 67.3. The van der Waals surface area contributed by atoms with Gasteiger partial charge in [0.15, 0.2) is 6.10 Å². The largest absolute Gasteiger partial charge is 0.462 e. The molecule has 1 unspecified atom stereocenters. The lowest BCUT2D eigenvalue weighted by Gasteiger charge is -2.18. The fourth-order valence-corrected chi connectivity index (χ4v) is 10.2. The first-order valence-corrected chi connectivity index (χ1v) is 35.1. The first kappa shape index (κ1) is 77.6. The van der Waals surface area contributed by atoms with Gasteiger partial charge in [0.2, 0.25) is 0 Å². The molecule has 468 valence electrons. The van der Waals surface area contributed by atoms with Crippen LogP contribution in [0.5, 0.6) is 0 Å². The van der Waals surface area contributed by atoms with E-state index in [1.165, 1.54) is 205 Å². The molecule has 0 saturated heterocycles. The first-order valence-electron chi connectivity index (χ1n) is 35.1. The normalized spacial score (nSPS) is 12.6. The summed E-state index contributed by atoms with van der Waals surface area (Å²) in [5, 5.41) is 0. The van der Waals surface area contributed by atoms with E-state index in [1.807, 2.05) is 0 Å². The van der Waals surface area contributed by atoms with Crippen molar-refractivity contribution in [2.75, 3.05) is 13.2 Å². The zero-order valence-electron chi connectivity index (χ0n) is 53.8. The first-order chi connectivity index (χ1) is 40.0. The van der Waals surface area contributed by atoms with Crippen molar-refractivity contribution < 1.29 is 28.6 Å². The van der Waals surface area contributed by atoms with Crippen molar-refractivity contribution in [1.29, 1.82) is 0 Å². The van der Waals surface area contributed by atoms with Crippen molar-refractivity contribution in [1.82, 2.24) is 0 Å². The molecule has 0 radical (unpaired) electrons. The Hall–Kier alpha value is -3.41. The molecule has 0 aliphatic carbocycles. The third-order valence-electron chi connectivity index (χ3n) is 15.4. The van der Waals surface area contributed by atoms with Gasteiger partial charge in [-0.2, -0.15) is 0 Å². The summed E-state index contributed by atoms with van der Waals surface area (Å²) >= 11 is 0. The quantitative estimate of drug-likeness (QED) is 0.0261. The number of carbonyl (C=O) groups excluding carboxylic acids is 3. The van der Waals surface area contributed by atoms with Crippen LogP contribution in [0.15, 0.2) is 85.1 Å². The average Bonchev–Trinajstić information content (AvgIpc) is 3.47. The Balaban J connectivity index is 4.38. The lowest BCUT2D eigenvalue weighted by molar-refractivity contribution is -0.167. The molecular formula is C75H132O6. The molecule has 81 heavy (non-hydrogen) atoms. The van der Waals surface area contributed by atoms with E-state index in [9.17, 15) is 14.4 Å². The number of esters is 3. The van der Waals surface area contributed by atoms with E-state index in [0.717, 1.165) is 109 Å². The molecule has 0 N–H and O–H groups in total. The van der Waals surface area contributed by atoms with Crippen LogP contribution in [0.1, 0.15) is 355 Å². The molecule has 0 aromatic heterocycles. The van der Waals surface area contributed by atoms with Gasteiger partial charge in [-0.3, -0.25) is 14.4 Å². The van der Waals surface area contributed by atoms with E-state index in [1.54, 1.807) is 0 Å². The monoisotopic (exact) mass is 1130 g/mol. The van der Waals surface area contributed by atoms with Crippen molar-refractivity contribution in [3.8, 4) is 0 Å². The molecule has 0 spiro atoms. The number of hydrogen-bond acceptors (Lipinski definition) is 6. The molecule has 0 amide bonds. The highest BCUT2D eigenvalue weighted by Gasteiger charge is 2.19. The summed E-state index contributed by atoms with van der Waals surface area (Å²) in [5.74, 6) is -0.879. The van der Waals surface area contributed by atoms with E-state index >= 15 is 0 Å². The number of hydrogen-bond donors (Lipinski definition) is 0. The Morgan fingerprint density at radius 1 is 0.259 bits per heavy atom. The summed E-state index contributed by atoms with van der Waals surface area (Å²) in [4.78, 5) is 38.5. The molecule has 0 aliphatic heterocycles. The second kappa shape index (κ2) is 69.1. The van der Waals surface area contributed by atoms with Crippen LogP contribution in [0.2, 0.25) is 0 Å². The molecule has 0 bridgehead atoms. The summed E-state index contributed by atoms with van der Waals surface area (Å²) in [6.45, 7) is 6.55. The summed E-state index contributed by atoms with van der Waals surface area (Å²) < 4.78 is 17.0. The highest BCUT2D eigenvalue weighted by atomic mass is 16.6. The third-order valence-corrected chi connectivity index (χ3v) is 15.4. The Morgan fingerprint density at radius 3 is 0.765 bits per heavy atom. The SMILES string of the molecule is CC/C=C\C/C=C\C/C=C\C/C=C\C/C=C\CCCCCCCCCC(=O)OCC(COC(=O)CCCCCCCCC/C=C\C/C=C\CCCCCC)OC(=O)CCCCCCCCCCCCCCCCCCCCCCCC. The van der Waals surface area contributed by atoms with Crippen LogP contribution in [0.4, 0.5) is 0 Å². The molecular weight excluding hydrogens is 997 g/mol. The van der Waals surface area contributed by atoms with Crippen LogP contribution in [0.25, 0.3) is 0 Å². The summed E-state index contributed by atoms with van der Waals surface area (Å²) in [7, 11) is 0. The Labute approximate surface area is 503 Å². The number of unbranched alkanes of at least 4 members (excludes halogenated alkanes) is 39. The van der Waals surface area contributed by atoms with Gasteiger partial charge in [0.05, 0.1) is 0 Å². The molecule has 0 aromatic rings. The Morgan fingerprint density at radius 2 is 0.481 bits per heavy atom. The molecule has 1 atom stereocenters. The molecule has 0 aliphatic rings. The van der Waals surface area contributed by atoms with Gasteiger partial charge in [-0.05, 0) is 96.3 Å². The zero-order chi connectivity index (χ0) is 58.5. The summed E-state index contributed by atoms with van der Waals surface area (Å²) in [6, 6.07) is 0. The smallest absolute Gasteiger partial charge is 0.306 e. The van der Waals surface area contributed by atoms with Gasteiger partial charge in [0.1, 0.15) is 13.2 Å². The fourth-order valence-electron chi connectivity index (χ4n) is 10.2. The predicted octanol–water partition coefficient (Wildman–Crippen LogP) is 24.2. The van der Waals surface area contributed by atoms with Crippen molar-refractivity contribution in [3.05, 3.63) is 85.1 Å². The molecule has 0 aromatic carbocycles. The maximum atomic E-state index is 13.0. The molecule has 6 nitrogen and oxygen atoms in total. The number of ether oxygens (including phenoxy) is 3. The summed E-state index contributed by atoms with van der Waals surface area (Å²) in [5.41, 5.74) is 0. The van der Waals surface area contributed by atoms with E-state index < -0.39 is 6.10 Å². The highest BCUT2D eigenvalue weighted by Crippen LogP contribution is 2.18. The van der Waals surface area contributed by atoms with Crippen molar-refractivity contribution >= 4 is 17.9 Å². The Bertz CT molecular complexity index is 1530. The van der Waals surface area contributed by atoms with Gasteiger partial charge in [0, 0.05) is 19.3 Å². The average molecular weight is 1130 g/mol. The fraction of sp³-hybridized carbons (Fsp3) is 0.773. The van der Waals surface area contributed by atoms with Crippen LogP contribution < -0.4 is 0 Å². The lowest BCUT2D eigenvalue weighted by atomic mass is 10.0.